The summed E-state index contributed by atoms with van der Waals surface area (Å²) in [6.45, 7) is 6.72. The molecule has 3 rings (SSSR count). The van der Waals surface area contributed by atoms with Gasteiger partial charge in [-0.2, -0.15) is 0 Å². The minimum absolute atomic E-state index is 0.376. The molecule has 0 bridgehead atoms. The summed E-state index contributed by atoms with van der Waals surface area (Å²) in [7, 11) is 0. The molecule has 1 unspecified atom stereocenters. The van der Waals surface area contributed by atoms with Crippen molar-refractivity contribution in [3.8, 4) is 11.5 Å². The highest BCUT2D eigenvalue weighted by molar-refractivity contribution is 6.31. The highest BCUT2D eigenvalue weighted by Crippen LogP contribution is 2.44. The molecule has 0 amide bonds. The van der Waals surface area contributed by atoms with E-state index >= 15 is 0 Å². The first-order valence-electron chi connectivity index (χ1n) is 7.51. The number of fused-ring (bicyclic) bond motifs is 1. The summed E-state index contributed by atoms with van der Waals surface area (Å²) in [5.41, 5.74) is 2.45. The van der Waals surface area contributed by atoms with E-state index in [1.54, 1.807) is 0 Å². The third kappa shape index (κ3) is 2.61. The summed E-state index contributed by atoms with van der Waals surface area (Å²) in [5.74, 6) is 2.08. The molecule has 0 aromatic heterocycles. The fraction of sp³-hybridized carbons (Fsp3) is 0.625. The van der Waals surface area contributed by atoms with Gasteiger partial charge in [-0.05, 0) is 37.3 Å². The van der Waals surface area contributed by atoms with Crippen molar-refractivity contribution in [2.75, 3.05) is 19.8 Å². The Labute approximate surface area is 125 Å². The molecular weight excluding hydrogens is 274 g/mol. The Morgan fingerprint density at radius 3 is 2.85 bits per heavy atom. The maximum atomic E-state index is 6.53. The van der Waals surface area contributed by atoms with Crippen LogP contribution in [0.1, 0.15) is 43.7 Å². The first-order valence-corrected chi connectivity index (χ1v) is 7.89. The number of benzene rings is 1. The molecule has 1 saturated heterocycles. The third-order valence-corrected chi connectivity index (χ3v) is 4.45. The van der Waals surface area contributed by atoms with Crippen molar-refractivity contribution in [2.45, 2.75) is 45.1 Å². The van der Waals surface area contributed by atoms with Crippen molar-refractivity contribution in [1.29, 1.82) is 0 Å². The maximum absolute atomic E-state index is 6.53. The number of rotatable bonds is 3. The summed E-state index contributed by atoms with van der Waals surface area (Å²) < 4.78 is 11.6. The van der Waals surface area contributed by atoms with Gasteiger partial charge in [0.25, 0.3) is 0 Å². The standard InChI is InChI=1S/C16H22ClNO2/c1-10(2)15-12(8-11-4-3-5-18-11)13(17)9-14-16(15)20-7-6-19-14/h9-11,18H,3-8H2,1-2H3. The zero-order valence-electron chi connectivity index (χ0n) is 12.2. The van der Waals surface area contributed by atoms with E-state index < -0.39 is 0 Å². The molecule has 4 heteroatoms. The van der Waals surface area contributed by atoms with Gasteiger partial charge in [0.2, 0.25) is 0 Å². The van der Waals surface area contributed by atoms with Crippen LogP contribution in [0.4, 0.5) is 0 Å². The summed E-state index contributed by atoms with van der Waals surface area (Å²) in [5, 5.41) is 4.36. The predicted octanol–water partition coefficient (Wildman–Crippen LogP) is 3.53. The van der Waals surface area contributed by atoms with Crippen LogP contribution in [-0.4, -0.2) is 25.8 Å². The molecule has 2 aliphatic rings. The van der Waals surface area contributed by atoms with Gasteiger partial charge in [0.05, 0.1) is 0 Å². The Balaban J connectivity index is 2.02. The first kappa shape index (κ1) is 14.0. The van der Waals surface area contributed by atoms with E-state index in [0.717, 1.165) is 29.5 Å². The highest BCUT2D eigenvalue weighted by Gasteiger charge is 2.26. The van der Waals surface area contributed by atoms with Crippen molar-refractivity contribution < 1.29 is 9.47 Å². The van der Waals surface area contributed by atoms with Crippen LogP contribution >= 0.6 is 11.6 Å². The Hall–Kier alpha value is -0.930. The Morgan fingerprint density at radius 2 is 2.15 bits per heavy atom. The van der Waals surface area contributed by atoms with E-state index in [-0.39, 0.29) is 0 Å². The van der Waals surface area contributed by atoms with Crippen LogP contribution < -0.4 is 14.8 Å². The van der Waals surface area contributed by atoms with Crippen molar-refractivity contribution in [2.24, 2.45) is 0 Å². The van der Waals surface area contributed by atoms with Crippen molar-refractivity contribution >= 4 is 11.6 Å². The monoisotopic (exact) mass is 295 g/mol. The second-order valence-corrected chi connectivity index (χ2v) is 6.33. The van der Waals surface area contributed by atoms with Crippen LogP contribution in [0.15, 0.2) is 6.07 Å². The first-order chi connectivity index (χ1) is 9.66. The molecule has 1 aromatic rings. The van der Waals surface area contributed by atoms with E-state index in [4.69, 9.17) is 21.1 Å². The molecule has 0 aliphatic carbocycles. The molecular formula is C16H22ClNO2. The Bertz CT molecular complexity index is 496. The molecule has 2 heterocycles. The van der Waals surface area contributed by atoms with E-state index in [1.807, 2.05) is 6.07 Å². The topological polar surface area (TPSA) is 30.5 Å². The van der Waals surface area contributed by atoms with Crippen LogP contribution in [0.2, 0.25) is 5.02 Å². The molecule has 0 radical (unpaired) electrons. The molecule has 110 valence electrons. The van der Waals surface area contributed by atoms with Gasteiger partial charge in [-0.25, -0.2) is 0 Å². The summed E-state index contributed by atoms with van der Waals surface area (Å²) in [6, 6.07) is 2.46. The lowest BCUT2D eigenvalue weighted by Gasteiger charge is -2.26. The number of nitrogens with one attached hydrogen (secondary N) is 1. The van der Waals surface area contributed by atoms with E-state index in [1.165, 1.54) is 24.0 Å². The number of hydrogen-bond acceptors (Lipinski definition) is 3. The minimum Gasteiger partial charge on any atom is -0.486 e. The second kappa shape index (κ2) is 5.82. The average molecular weight is 296 g/mol. The molecule has 3 nitrogen and oxygen atoms in total. The molecule has 1 atom stereocenters. The molecule has 1 aromatic carbocycles. The van der Waals surface area contributed by atoms with Crippen molar-refractivity contribution in [3.05, 3.63) is 22.2 Å². The van der Waals surface area contributed by atoms with E-state index in [9.17, 15) is 0 Å². The fourth-order valence-electron chi connectivity index (χ4n) is 3.21. The summed E-state index contributed by atoms with van der Waals surface area (Å²) >= 11 is 6.53. The number of hydrogen-bond donors (Lipinski definition) is 1. The van der Waals surface area contributed by atoms with Gasteiger partial charge >= 0.3 is 0 Å². The van der Waals surface area contributed by atoms with Gasteiger partial charge in [-0.3, -0.25) is 0 Å². The molecule has 1 N–H and O–H groups in total. The molecule has 0 saturated carbocycles. The summed E-state index contributed by atoms with van der Waals surface area (Å²) in [6.07, 6.45) is 3.45. The number of halogens is 1. The normalized spacial score (nSPS) is 21.5. The molecule has 1 fully saturated rings. The lowest BCUT2D eigenvalue weighted by Crippen LogP contribution is -2.25. The van der Waals surface area contributed by atoms with Crippen LogP contribution in [0, 0.1) is 0 Å². The van der Waals surface area contributed by atoms with Gasteiger partial charge in [0.15, 0.2) is 11.5 Å². The smallest absolute Gasteiger partial charge is 0.165 e. The molecule has 2 aliphatic heterocycles. The van der Waals surface area contributed by atoms with Crippen molar-refractivity contribution in [3.63, 3.8) is 0 Å². The van der Waals surface area contributed by atoms with E-state index in [0.29, 0.717) is 25.2 Å². The Kier molecular flexibility index (Phi) is 4.08. The van der Waals surface area contributed by atoms with Gasteiger partial charge in [-0.1, -0.05) is 25.4 Å². The fourth-order valence-corrected chi connectivity index (χ4v) is 3.49. The maximum Gasteiger partial charge on any atom is 0.165 e. The second-order valence-electron chi connectivity index (χ2n) is 5.93. The lowest BCUT2D eigenvalue weighted by molar-refractivity contribution is 0.169. The van der Waals surface area contributed by atoms with Gasteiger partial charge < -0.3 is 14.8 Å². The van der Waals surface area contributed by atoms with Gasteiger partial charge in [0, 0.05) is 22.7 Å². The quantitative estimate of drug-likeness (QED) is 0.925. The van der Waals surface area contributed by atoms with Crippen LogP contribution in [0.5, 0.6) is 11.5 Å². The predicted molar refractivity (Wildman–Crippen MR) is 81.3 cm³/mol. The van der Waals surface area contributed by atoms with Crippen LogP contribution in [0.3, 0.4) is 0 Å². The van der Waals surface area contributed by atoms with E-state index in [2.05, 4.69) is 19.2 Å². The number of ether oxygens (including phenoxy) is 2. The lowest BCUT2D eigenvalue weighted by atomic mass is 9.91. The SMILES string of the molecule is CC(C)c1c(CC2CCCN2)c(Cl)cc2c1OCCO2. The van der Waals surface area contributed by atoms with Crippen LogP contribution in [-0.2, 0) is 6.42 Å². The van der Waals surface area contributed by atoms with Crippen molar-refractivity contribution in [1.82, 2.24) is 5.32 Å². The largest absolute Gasteiger partial charge is 0.486 e. The molecule has 20 heavy (non-hydrogen) atoms. The van der Waals surface area contributed by atoms with Gasteiger partial charge in [-0.15, -0.1) is 0 Å². The molecule has 0 spiro atoms. The average Bonchev–Trinajstić information content (AvgIpc) is 2.92. The summed E-state index contributed by atoms with van der Waals surface area (Å²) in [4.78, 5) is 0. The zero-order valence-corrected chi connectivity index (χ0v) is 12.9. The minimum atomic E-state index is 0.376. The van der Waals surface area contributed by atoms with Crippen LogP contribution in [0.25, 0.3) is 0 Å². The zero-order chi connectivity index (χ0) is 14.1. The Morgan fingerprint density at radius 1 is 1.35 bits per heavy atom. The third-order valence-electron chi connectivity index (χ3n) is 4.12. The van der Waals surface area contributed by atoms with Gasteiger partial charge in [0.1, 0.15) is 13.2 Å². The highest BCUT2D eigenvalue weighted by atomic mass is 35.5.